The average molecular weight is 647 g/mol. The molecule has 1 saturated heterocycles. The Balaban J connectivity index is 1.62. The quantitative estimate of drug-likeness (QED) is 0.248. The molecule has 1 amide bonds. The van der Waals surface area contributed by atoms with Gasteiger partial charge in [0.05, 0.1) is 16.1 Å². The second kappa shape index (κ2) is 11.3. The highest BCUT2D eigenvalue weighted by Gasteiger charge is 2.40. The van der Waals surface area contributed by atoms with E-state index in [1.54, 1.807) is 28.7 Å². The molecule has 0 N–H and O–H groups in total. The van der Waals surface area contributed by atoms with Gasteiger partial charge in [0, 0.05) is 81.9 Å². The number of amides is 1. The second-order valence-electron chi connectivity index (χ2n) is 10.6. The van der Waals surface area contributed by atoms with E-state index in [4.69, 9.17) is 11.6 Å². The molecule has 1 aromatic carbocycles. The van der Waals surface area contributed by atoms with Crippen molar-refractivity contribution in [3.8, 4) is 10.4 Å². The van der Waals surface area contributed by atoms with Crippen LogP contribution in [0, 0.1) is 0 Å². The second-order valence-corrected chi connectivity index (χ2v) is 13.0. The first-order valence-corrected chi connectivity index (χ1v) is 15.7. The van der Waals surface area contributed by atoms with Gasteiger partial charge < -0.3 is 9.80 Å². The highest BCUT2D eigenvalue weighted by molar-refractivity contribution is 7.99. The first kappa shape index (κ1) is 29.6. The lowest BCUT2D eigenvalue weighted by atomic mass is 10.00. The summed E-state index contributed by atoms with van der Waals surface area (Å²) < 4.78 is 46.1. The van der Waals surface area contributed by atoms with Crippen LogP contribution in [-0.2, 0) is 17.5 Å². The predicted molar refractivity (Wildman–Crippen MR) is 163 cm³/mol. The molecule has 1 fully saturated rings. The zero-order valence-electron chi connectivity index (χ0n) is 23.1. The van der Waals surface area contributed by atoms with E-state index in [-0.39, 0.29) is 60.3 Å². The van der Waals surface area contributed by atoms with Gasteiger partial charge in [0.25, 0.3) is 0 Å². The Hall–Kier alpha value is -3.42. The van der Waals surface area contributed by atoms with Gasteiger partial charge in [0.15, 0.2) is 0 Å². The van der Waals surface area contributed by atoms with Crippen molar-refractivity contribution in [2.75, 3.05) is 23.7 Å². The highest BCUT2D eigenvalue weighted by atomic mass is 35.5. The summed E-state index contributed by atoms with van der Waals surface area (Å²) in [6.45, 7) is 8.01. The number of carbonyl (C=O) groups excluding carboxylic acids is 1. The van der Waals surface area contributed by atoms with Gasteiger partial charge in [-0.25, -0.2) is 14.8 Å². The van der Waals surface area contributed by atoms with Crippen molar-refractivity contribution in [2.45, 2.75) is 49.5 Å². The number of piperazine rings is 1. The third kappa shape index (κ3) is 5.31. The van der Waals surface area contributed by atoms with Crippen molar-refractivity contribution in [3.05, 3.63) is 75.5 Å². The van der Waals surface area contributed by atoms with Crippen molar-refractivity contribution in [1.82, 2.24) is 24.4 Å². The van der Waals surface area contributed by atoms with E-state index < -0.39 is 17.4 Å². The average Bonchev–Trinajstić information content (AvgIpc) is 3.29. The standard InChI is InChI=1S/C29H26ClF3N6O2S2/c1-4-22(40)39-15(2)10-37(11-16(39)3)27-19-9-20(29(31,32)33)23(21-8-18(30)14-42-21)25-24(19)38(28(41)36-27)12-17(13-43-25)26-34-6-5-7-35-26/h4-9,14-17H,1,10-13H2,2-3H3/t15-,16+,17-/m0/s1. The lowest BCUT2D eigenvalue weighted by Gasteiger charge is -2.44. The number of carbonyl (C=O) groups is 1. The Kier molecular flexibility index (Phi) is 7.76. The lowest BCUT2D eigenvalue weighted by Crippen LogP contribution is -2.58. The Morgan fingerprint density at radius 2 is 1.84 bits per heavy atom. The van der Waals surface area contributed by atoms with Crippen LogP contribution < -0.4 is 10.6 Å². The number of nitrogens with zero attached hydrogens (tertiary/aromatic N) is 6. The molecule has 3 atom stereocenters. The summed E-state index contributed by atoms with van der Waals surface area (Å²) in [6, 6.07) is 3.71. The fourth-order valence-electron chi connectivity index (χ4n) is 6.03. The minimum atomic E-state index is -4.71. The summed E-state index contributed by atoms with van der Waals surface area (Å²) in [5.74, 6) is 0.423. The highest BCUT2D eigenvalue weighted by Crippen LogP contribution is 2.50. The van der Waals surface area contributed by atoms with Crippen molar-refractivity contribution in [2.24, 2.45) is 0 Å². The molecule has 4 aromatic rings. The van der Waals surface area contributed by atoms with Crippen LogP contribution in [0.3, 0.4) is 0 Å². The van der Waals surface area contributed by atoms with Gasteiger partial charge in [-0.15, -0.1) is 23.1 Å². The van der Waals surface area contributed by atoms with E-state index in [0.717, 1.165) is 17.4 Å². The number of alkyl halides is 3. The van der Waals surface area contributed by atoms with Crippen LogP contribution in [0.2, 0.25) is 5.02 Å². The molecule has 0 bridgehead atoms. The van der Waals surface area contributed by atoms with E-state index in [1.165, 1.54) is 28.5 Å². The minimum Gasteiger partial charge on any atom is -0.352 e. The summed E-state index contributed by atoms with van der Waals surface area (Å²) in [5.41, 5.74) is -1.03. The number of hydrogen-bond donors (Lipinski definition) is 0. The largest absolute Gasteiger partial charge is 0.417 e. The van der Waals surface area contributed by atoms with Crippen LogP contribution in [0.4, 0.5) is 19.0 Å². The van der Waals surface area contributed by atoms with Gasteiger partial charge >= 0.3 is 11.9 Å². The summed E-state index contributed by atoms with van der Waals surface area (Å²) in [5, 5.41) is 2.14. The number of anilines is 1. The number of thiophene rings is 1. The van der Waals surface area contributed by atoms with Crippen molar-refractivity contribution in [3.63, 3.8) is 0 Å². The van der Waals surface area contributed by atoms with Crippen LogP contribution >= 0.6 is 34.7 Å². The maximum Gasteiger partial charge on any atom is 0.417 e. The zero-order valence-corrected chi connectivity index (χ0v) is 25.5. The predicted octanol–water partition coefficient (Wildman–Crippen LogP) is 6.09. The molecule has 0 spiro atoms. The van der Waals surface area contributed by atoms with Crippen LogP contribution in [0.25, 0.3) is 21.3 Å². The number of benzene rings is 1. The van der Waals surface area contributed by atoms with Gasteiger partial charge in [0.2, 0.25) is 5.91 Å². The van der Waals surface area contributed by atoms with Gasteiger partial charge in [-0.3, -0.25) is 9.36 Å². The van der Waals surface area contributed by atoms with Crippen molar-refractivity contribution < 1.29 is 18.0 Å². The number of rotatable bonds is 4. The Bertz CT molecular complexity index is 1780. The molecule has 43 heavy (non-hydrogen) atoms. The number of aromatic nitrogens is 4. The minimum absolute atomic E-state index is 0.00929. The van der Waals surface area contributed by atoms with Crippen LogP contribution in [0.5, 0.6) is 0 Å². The van der Waals surface area contributed by atoms with E-state index in [9.17, 15) is 22.8 Å². The van der Waals surface area contributed by atoms with E-state index in [1.807, 2.05) is 18.7 Å². The molecule has 224 valence electrons. The molecule has 8 nitrogen and oxygen atoms in total. The summed E-state index contributed by atoms with van der Waals surface area (Å²) in [4.78, 5) is 43.7. The number of thioether (sulfide) groups is 1. The maximum atomic E-state index is 14.9. The topological polar surface area (TPSA) is 84.2 Å². The third-order valence-electron chi connectivity index (χ3n) is 7.75. The molecule has 2 aliphatic rings. The molecule has 0 saturated carbocycles. The van der Waals surface area contributed by atoms with Gasteiger partial charge in [0.1, 0.15) is 11.6 Å². The van der Waals surface area contributed by atoms with Gasteiger partial charge in [-0.1, -0.05) is 18.2 Å². The van der Waals surface area contributed by atoms with E-state index in [0.29, 0.717) is 31.9 Å². The van der Waals surface area contributed by atoms with Crippen LogP contribution in [0.15, 0.2) is 58.3 Å². The fraction of sp³-hybridized carbons (Fsp3) is 0.345. The summed E-state index contributed by atoms with van der Waals surface area (Å²) in [6.07, 6.45) is -0.258. The summed E-state index contributed by atoms with van der Waals surface area (Å²) in [7, 11) is 0. The number of halogens is 4. The molecule has 14 heteroatoms. The Labute approximate surface area is 258 Å². The third-order valence-corrected chi connectivity index (χ3v) is 10.3. The molecular weight excluding hydrogens is 621 g/mol. The molecular formula is C29H26ClF3N6O2S2. The molecule has 5 heterocycles. The normalized spacial score (nSPS) is 20.7. The molecule has 0 unspecified atom stereocenters. The Morgan fingerprint density at radius 3 is 2.44 bits per heavy atom. The molecule has 3 aromatic heterocycles. The lowest BCUT2D eigenvalue weighted by molar-refractivity contribution is -0.137. The zero-order chi connectivity index (χ0) is 30.6. The van der Waals surface area contributed by atoms with Gasteiger partial charge in [-0.2, -0.15) is 18.2 Å². The first-order valence-electron chi connectivity index (χ1n) is 13.5. The first-order chi connectivity index (χ1) is 20.5. The molecule has 2 aliphatic heterocycles. The SMILES string of the molecule is C=CC(=O)N1[C@H](C)CN(c2nc(=O)n3c4c(c(-c5cc(Cl)cs5)c(C(F)(F)F)cc24)SC[C@@H](c2ncccn2)C3)C[C@@H]1C. The summed E-state index contributed by atoms with van der Waals surface area (Å²) >= 11 is 8.57. The fourth-order valence-corrected chi connectivity index (χ4v) is 8.57. The van der Waals surface area contributed by atoms with Crippen molar-refractivity contribution in [1.29, 1.82) is 0 Å². The number of hydrogen-bond acceptors (Lipinski definition) is 8. The molecule has 0 radical (unpaired) electrons. The monoisotopic (exact) mass is 646 g/mol. The van der Waals surface area contributed by atoms with Crippen LogP contribution in [0.1, 0.15) is 31.2 Å². The van der Waals surface area contributed by atoms with Crippen molar-refractivity contribution >= 4 is 57.3 Å². The molecule has 6 rings (SSSR count). The Morgan fingerprint density at radius 1 is 1.14 bits per heavy atom. The van der Waals surface area contributed by atoms with Crippen LogP contribution in [-0.4, -0.2) is 61.3 Å². The smallest absolute Gasteiger partial charge is 0.352 e. The van der Waals surface area contributed by atoms with Gasteiger partial charge in [-0.05, 0) is 38.1 Å². The van der Waals surface area contributed by atoms with E-state index >= 15 is 0 Å². The molecule has 0 aliphatic carbocycles. The van der Waals surface area contributed by atoms with E-state index in [2.05, 4.69) is 21.5 Å². The maximum absolute atomic E-state index is 14.9.